The lowest BCUT2D eigenvalue weighted by Crippen LogP contribution is -2.11. The van der Waals surface area contributed by atoms with Crippen molar-refractivity contribution in [3.63, 3.8) is 0 Å². The Kier molecular flexibility index (Phi) is 3.11. The van der Waals surface area contributed by atoms with Crippen LogP contribution in [0.5, 0.6) is 11.5 Å². The third kappa shape index (κ3) is 2.34. The van der Waals surface area contributed by atoms with Gasteiger partial charge in [-0.2, -0.15) is 0 Å². The number of phenolic OH excluding ortho intramolecular Hbond substituents is 2. The summed E-state index contributed by atoms with van der Waals surface area (Å²) in [5.41, 5.74) is 6.10. The van der Waals surface area contributed by atoms with E-state index in [0.717, 1.165) is 0 Å². The molecule has 13 heavy (non-hydrogen) atoms. The van der Waals surface area contributed by atoms with Crippen molar-refractivity contribution in [3.8, 4) is 11.5 Å². The third-order valence-electron chi connectivity index (χ3n) is 1.85. The molecule has 0 fully saturated rings. The summed E-state index contributed by atoms with van der Waals surface area (Å²) in [5, 5.41) is 27.1. The van der Waals surface area contributed by atoms with Gasteiger partial charge in [0.1, 0.15) is 11.5 Å². The minimum atomic E-state index is -0.447. The predicted octanol–water partition coefficient (Wildman–Crippen LogP) is 0.480. The molecule has 0 heterocycles. The number of rotatable bonds is 3. The molecule has 0 aliphatic heterocycles. The Labute approximate surface area is 76.2 Å². The van der Waals surface area contributed by atoms with Gasteiger partial charge in [0.2, 0.25) is 0 Å². The zero-order valence-electron chi connectivity index (χ0n) is 7.14. The van der Waals surface area contributed by atoms with E-state index in [1.54, 1.807) is 0 Å². The number of nitrogens with two attached hydrogens (primary N) is 1. The van der Waals surface area contributed by atoms with Gasteiger partial charge >= 0.3 is 0 Å². The Morgan fingerprint density at radius 2 is 2.00 bits per heavy atom. The van der Waals surface area contributed by atoms with Gasteiger partial charge in [-0.05, 0) is 24.6 Å². The first-order chi connectivity index (χ1) is 6.15. The highest BCUT2D eigenvalue weighted by Gasteiger charge is 2.10. The van der Waals surface area contributed by atoms with E-state index in [9.17, 15) is 5.11 Å². The molecule has 5 N–H and O–H groups in total. The topological polar surface area (TPSA) is 86.7 Å². The number of hydrogen-bond acceptors (Lipinski definition) is 4. The van der Waals surface area contributed by atoms with Crippen LogP contribution in [-0.4, -0.2) is 21.9 Å². The second-order valence-electron chi connectivity index (χ2n) is 2.86. The number of hydrogen-bond donors (Lipinski definition) is 4. The van der Waals surface area contributed by atoms with Crippen molar-refractivity contribution in [1.82, 2.24) is 0 Å². The smallest absolute Gasteiger partial charge is 0.120 e. The van der Waals surface area contributed by atoms with Crippen LogP contribution in [0.3, 0.4) is 0 Å². The summed E-state index contributed by atoms with van der Waals surface area (Å²) >= 11 is 0. The molecule has 0 amide bonds. The van der Waals surface area contributed by atoms with Crippen molar-refractivity contribution < 1.29 is 15.3 Å². The fraction of sp³-hybridized carbons (Fsp3) is 0.333. The maximum Gasteiger partial charge on any atom is 0.120 e. The second kappa shape index (κ2) is 4.11. The van der Waals surface area contributed by atoms with Crippen LogP contribution in [0.4, 0.5) is 0 Å². The second-order valence-corrected chi connectivity index (χ2v) is 2.86. The molecule has 4 nitrogen and oxygen atoms in total. The number of aliphatic hydroxyl groups is 1. The van der Waals surface area contributed by atoms with Crippen molar-refractivity contribution >= 4 is 0 Å². The number of benzene rings is 1. The summed E-state index contributed by atoms with van der Waals surface area (Å²) < 4.78 is 0. The fourth-order valence-electron chi connectivity index (χ4n) is 1.13. The molecule has 0 unspecified atom stereocenters. The number of phenols is 2. The molecule has 0 aliphatic rings. The van der Waals surface area contributed by atoms with Crippen LogP contribution in [0.25, 0.3) is 0 Å². The van der Waals surface area contributed by atoms with E-state index < -0.39 is 6.04 Å². The lowest BCUT2D eigenvalue weighted by molar-refractivity contribution is 0.275. The summed E-state index contributed by atoms with van der Waals surface area (Å²) in [4.78, 5) is 0. The average Bonchev–Trinajstić information content (AvgIpc) is 2.09. The monoisotopic (exact) mass is 183 g/mol. The van der Waals surface area contributed by atoms with Crippen LogP contribution in [0.2, 0.25) is 0 Å². The van der Waals surface area contributed by atoms with Gasteiger partial charge in [-0.25, -0.2) is 0 Å². The molecule has 4 heteroatoms. The lowest BCUT2D eigenvalue weighted by atomic mass is 10.0. The summed E-state index contributed by atoms with van der Waals surface area (Å²) in [5.74, 6) is 0.0972. The molecule has 0 aliphatic carbocycles. The summed E-state index contributed by atoms with van der Waals surface area (Å²) in [6.45, 7) is -0.0454. The minimum absolute atomic E-state index is 0.0405. The molecule has 0 spiro atoms. The molecule has 1 atom stereocenters. The van der Waals surface area contributed by atoms with Gasteiger partial charge in [0, 0.05) is 18.2 Å². The van der Waals surface area contributed by atoms with Crippen LogP contribution >= 0.6 is 0 Å². The third-order valence-corrected chi connectivity index (χ3v) is 1.85. The van der Waals surface area contributed by atoms with Crippen molar-refractivity contribution in [2.24, 2.45) is 5.73 Å². The average molecular weight is 183 g/mol. The standard InChI is InChI=1S/C9H13NO3/c10-8(3-4-11)7-5-6(12)1-2-9(7)13/h1-2,5,8,11-13H,3-4,10H2/t8-/m0/s1. The van der Waals surface area contributed by atoms with Crippen molar-refractivity contribution in [2.45, 2.75) is 12.5 Å². The van der Waals surface area contributed by atoms with Gasteiger partial charge in [-0.15, -0.1) is 0 Å². The Balaban J connectivity index is 2.91. The molecule has 0 aromatic heterocycles. The number of aliphatic hydroxyl groups excluding tert-OH is 1. The van der Waals surface area contributed by atoms with Crippen molar-refractivity contribution in [3.05, 3.63) is 23.8 Å². The van der Waals surface area contributed by atoms with Crippen LogP contribution in [-0.2, 0) is 0 Å². The van der Waals surface area contributed by atoms with E-state index >= 15 is 0 Å². The molecule has 1 aromatic rings. The zero-order valence-corrected chi connectivity index (χ0v) is 7.14. The van der Waals surface area contributed by atoms with Crippen LogP contribution in [0.1, 0.15) is 18.0 Å². The maximum absolute atomic E-state index is 9.36. The Hall–Kier alpha value is -1.26. The van der Waals surface area contributed by atoms with E-state index in [1.807, 2.05) is 0 Å². The SMILES string of the molecule is N[C@@H](CCO)c1cc(O)ccc1O. The summed E-state index contributed by atoms with van der Waals surface area (Å²) in [7, 11) is 0. The first kappa shape index (κ1) is 9.83. The first-order valence-electron chi connectivity index (χ1n) is 4.03. The Morgan fingerprint density at radius 1 is 1.31 bits per heavy atom. The molecule has 0 saturated heterocycles. The Bertz CT molecular complexity index is 288. The van der Waals surface area contributed by atoms with E-state index in [4.69, 9.17) is 15.9 Å². The molecular weight excluding hydrogens is 170 g/mol. The van der Waals surface area contributed by atoms with Gasteiger partial charge in [0.25, 0.3) is 0 Å². The van der Waals surface area contributed by atoms with Crippen molar-refractivity contribution in [1.29, 1.82) is 0 Å². The van der Waals surface area contributed by atoms with E-state index in [2.05, 4.69) is 0 Å². The first-order valence-corrected chi connectivity index (χ1v) is 4.03. The van der Waals surface area contributed by atoms with Crippen LogP contribution < -0.4 is 5.73 Å². The minimum Gasteiger partial charge on any atom is -0.508 e. The highest BCUT2D eigenvalue weighted by Crippen LogP contribution is 2.27. The largest absolute Gasteiger partial charge is 0.508 e. The summed E-state index contributed by atoms with van der Waals surface area (Å²) in [6.07, 6.45) is 0.358. The van der Waals surface area contributed by atoms with Gasteiger partial charge in [-0.3, -0.25) is 0 Å². The highest BCUT2D eigenvalue weighted by molar-refractivity contribution is 5.40. The summed E-state index contributed by atoms with van der Waals surface area (Å²) in [6, 6.07) is 3.71. The van der Waals surface area contributed by atoms with Gasteiger partial charge in [0.05, 0.1) is 0 Å². The fourth-order valence-corrected chi connectivity index (χ4v) is 1.13. The van der Waals surface area contributed by atoms with E-state index in [-0.39, 0.29) is 18.1 Å². The number of aromatic hydroxyl groups is 2. The molecule has 1 aromatic carbocycles. The quantitative estimate of drug-likeness (QED) is 0.513. The molecule has 1 rings (SSSR count). The highest BCUT2D eigenvalue weighted by atomic mass is 16.3. The van der Waals surface area contributed by atoms with Gasteiger partial charge in [-0.1, -0.05) is 0 Å². The van der Waals surface area contributed by atoms with E-state index in [0.29, 0.717) is 12.0 Å². The Morgan fingerprint density at radius 3 is 2.62 bits per heavy atom. The predicted molar refractivity (Wildman–Crippen MR) is 48.4 cm³/mol. The zero-order chi connectivity index (χ0) is 9.84. The lowest BCUT2D eigenvalue weighted by Gasteiger charge is -2.12. The van der Waals surface area contributed by atoms with Crippen LogP contribution in [0.15, 0.2) is 18.2 Å². The molecule has 72 valence electrons. The van der Waals surface area contributed by atoms with Crippen molar-refractivity contribution in [2.75, 3.05) is 6.61 Å². The normalized spacial score (nSPS) is 12.8. The van der Waals surface area contributed by atoms with E-state index in [1.165, 1.54) is 18.2 Å². The van der Waals surface area contributed by atoms with Crippen LogP contribution in [0, 0.1) is 0 Å². The molecular formula is C9H13NO3. The maximum atomic E-state index is 9.36. The molecule has 0 saturated carbocycles. The van der Waals surface area contributed by atoms with Gasteiger partial charge in [0.15, 0.2) is 0 Å². The molecule has 0 radical (unpaired) electrons. The van der Waals surface area contributed by atoms with Gasteiger partial charge < -0.3 is 21.1 Å². The molecule has 0 bridgehead atoms.